The fourth-order valence-corrected chi connectivity index (χ4v) is 3.78. The Hall–Kier alpha value is -2.79. The number of ether oxygens (including phenoxy) is 1. The number of aromatic nitrogens is 1. The lowest BCUT2D eigenvalue weighted by molar-refractivity contribution is 0.298. The maximum absolute atomic E-state index is 13.2. The van der Waals surface area contributed by atoms with Crippen molar-refractivity contribution in [3.63, 3.8) is 0 Å². The van der Waals surface area contributed by atoms with Gasteiger partial charge in [0.05, 0.1) is 12.1 Å². The van der Waals surface area contributed by atoms with Crippen LogP contribution in [0, 0.1) is 0 Å². The molecule has 4 nitrogen and oxygen atoms in total. The molecule has 0 unspecified atom stereocenters. The zero-order chi connectivity index (χ0) is 22.9. The Morgan fingerprint density at radius 3 is 2.72 bits per heavy atom. The van der Waals surface area contributed by atoms with Crippen LogP contribution >= 0.6 is 23.2 Å². The first kappa shape index (κ1) is 23.9. The van der Waals surface area contributed by atoms with E-state index in [4.69, 9.17) is 27.9 Å². The van der Waals surface area contributed by atoms with Crippen LogP contribution in [-0.2, 0) is 13.1 Å². The molecule has 6 heteroatoms. The summed E-state index contributed by atoms with van der Waals surface area (Å²) in [5.41, 5.74) is 2.21. The number of benzene rings is 2. The zero-order valence-corrected chi connectivity index (χ0v) is 19.5. The van der Waals surface area contributed by atoms with Gasteiger partial charge < -0.3 is 14.6 Å². The fourth-order valence-electron chi connectivity index (χ4n) is 3.34. The molecule has 0 atom stereocenters. The molecule has 1 N–H and O–H groups in total. The lowest BCUT2D eigenvalue weighted by Gasteiger charge is -2.14. The van der Waals surface area contributed by atoms with Gasteiger partial charge in [0.15, 0.2) is 0 Å². The monoisotopic (exact) mass is 468 g/mol. The predicted molar refractivity (Wildman–Crippen MR) is 135 cm³/mol. The van der Waals surface area contributed by atoms with Gasteiger partial charge in [-0.05, 0) is 60.4 Å². The van der Waals surface area contributed by atoms with E-state index in [-0.39, 0.29) is 5.56 Å². The molecule has 0 aliphatic rings. The molecular formula is C26H26Cl2N2O2. The van der Waals surface area contributed by atoms with Crippen LogP contribution in [0.2, 0.25) is 5.02 Å². The van der Waals surface area contributed by atoms with Crippen LogP contribution in [0.25, 0.3) is 10.9 Å². The van der Waals surface area contributed by atoms with Crippen molar-refractivity contribution in [1.29, 1.82) is 0 Å². The second-order valence-corrected chi connectivity index (χ2v) is 8.15. The van der Waals surface area contributed by atoms with Gasteiger partial charge in [-0.1, -0.05) is 60.1 Å². The third-order valence-corrected chi connectivity index (χ3v) is 5.27. The number of fused-ring (bicyclic) bond motifs is 1. The molecule has 0 radical (unpaired) electrons. The normalized spacial score (nSPS) is 11.9. The number of para-hydroxylation sites is 1. The van der Waals surface area contributed by atoms with E-state index in [1.54, 1.807) is 16.7 Å². The highest BCUT2D eigenvalue weighted by molar-refractivity contribution is 6.31. The molecule has 3 aromatic rings. The molecule has 1 heterocycles. The number of pyridine rings is 1. The van der Waals surface area contributed by atoms with Crippen LogP contribution in [0.1, 0.15) is 12.5 Å². The molecule has 3 rings (SSSR count). The summed E-state index contributed by atoms with van der Waals surface area (Å²) in [7, 11) is 0. The van der Waals surface area contributed by atoms with E-state index in [1.807, 2.05) is 67.6 Å². The van der Waals surface area contributed by atoms with Crippen molar-refractivity contribution in [2.75, 3.05) is 13.2 Å². The number of nitrogens with zero attached hydrogens (tertiary/aromatic N) is 1. The summed E-state index contributed by atoms with van der Waals surface area (Å²) >= 11 is 12.3. The van der Waals surface area contributed by atoms with Crippen LogP contribution < -0.4 is 15.6 Å². The third-order valence-electron chi connectivity index (χ3n) is 4.80. The Kier molecular flexibility index (Phi) is 8.74. The van der Waals surface area contributed by atoms with Crippen LogP contribution in [0.5, 0.6) is 5.75 Å². The van der Waals surface area contributed by atoms with Crippen molar-refractivity contribution < 1.29 is 4.74 Å². The van der Waals surface area contributed by atoms with E-state index in [2.05, 4.69) is 11.9 Å². The van der Waals surface area contributed by atoms with E-state index in [0.29, 0.717) is 41.9 Å². The minimum atomic E-state index is -0.0722. The standard InChI is InChI=1S/C26H26Cl2N2O2/c1-3-7-22(27)14-19(2)17-29-18-21-15-20-10-11-23(28)16-25(20)30(26(21)31)12-13-32-24-8-5-4-6-9-24/h3-11,14-16,29H,2,12-13,17-18H2,1H3/b7-3-,22-14+. The summed E-state index contributed by atoms with van der Waals surface area (Å²) in [6.07, 6.45) is 5.47. The van der Waals surface area contributed by atoms with Gasteiger partial charge in [0.2, 0.25) is 0 Å². The minimum Gasteiger partial charge on any atom is -0.492 e. The van der Waals surface area contributed by atoms with Crippen LogP contribution in [0.3, 0.4) is 0 Å². The SMILES string of the molecule is C=C(/C=C(Cl)\C=C/C)CNCc1cc2ccc(Cl)cc2n(CCOc2ccccc2)c1=O. The minimum absolute atomic E-state index is 0.0722. The van der Waals surface area contributed by atoms with Crippen molar-refractivity contribution in [3.8, 4) is 5.75 Å². The van der Waals surface area contributed by atoms with Gasteiger partial charge in [0.1, 0.15) is 12.4 Å². The average molecular weight is 469 g/mol. The smallest absolute Gasteiger partial charge is 0.255 e. The van der Waals surface area contributed by atoms with Gasteiger partial charge in [-0.2, -0.15) is 0 Å². The zero-order valence-electron chi connectivity index (χ0n) is 18.0. The number of rotatable bonds is 10. The van der Waals surface area contributed by atoms with Crippen LogP contribution in [-0.4, -0.2) is 17.7 Å². The van der Waals surface area contributed by atoms with Crippen molar-refractivity contribution in [2.45, 2.75) is 20.0 Å². The third kappa shape index (κ3) is 6.60. The lowest BCUT2D eigenvalue weighted by atomic mass is 10.1. The number of nitrogens with one attached hydrogen (secondary N) is 1. The first-order chi connectivity index (χ1) is 15.5. The molecule has 0 saturated heterocycles. The van der Waals surface area contributed by atoms with E-state index >= 15 is 0 Å². The molecule has 32 heavy (non-hydrogen) atoms. The lowest BCUT2D eigenvalue weighted by Crippen LogP contribution is -2.29. The van der Waals surface area contributed by atoms with Gasteiger partial charge in [-0.3, -0.25) is 4.79 Å². The van der Waals surface area contributed by atoms with Crippen LogP contribution in [0.4, 0.5) is 0 Å². The Bertz CT molecular complexity index is 1200. The second-order valence-electron chi connectivity index (χ2n) is 7.28. The number of halogens is 2. The highest BCUT2D eigenvalue weighted by Crippen LogP contribution is 2.19. The van der Waals surface area contributed by atoms with Crippen molar-refractivity contribution in [3.05, 3.63) is 111 Å². The first-order valence-electron chi connectivity index (χ1n) is 10.4. The quantitative estimate of drug-likeness (QED) is 0.366. The molecule has 0 bridgehead atoms. The maximum Gasteiger partial charge on any atom is 0.255 e. The first-order valence-corrected chi connectivity index (χ1v) is 11.1. The highest BCUT2D eigenvalue weighted by atomic mass is 35.5. The summed E-state index contributed by atoms with van der Waals surface area (Å²) in [6.45, 7) is 7.61. The van der Waals surface area contributed by atoms with Crippen LogP contribution in [0.15, 0.2) is 94.8 Å². The Labute approximate surface area is 198 Å². The van der Waals surface area contributed by atoms with Crippen molar-refractivity contribution >= 4 is 34.1 Å². The number of hydrogen-bond donors (Lipinski definition) is 1. The second kappa shape index (κ2) is 11.7. The molecule has 1 aromatic heterocycles. The summed E-state index contributed by atoms with van der Waals surface area (Å²) in [4.78, 5) is 13.2. The summed E-state index contributed by atoms with van der Waals surface area (Å²) in [6, 6.07) is 17.0. The molecular weight excluding hydrogens is 443 g/mol. The average Bonchev–Trinajstić information content (AvgIpc) is 2.77. The van der Waals surface area contributed by atoms with E-state index in [0.717, 1.165) is 22.2 Å². The molecule has 166 valence electrons. The summed E-state index contributed by atoms with van der Waals surface area (Å²) < 4.78 is 7.53. The van der Waals surface area contributed by atoms with E-state index in [9.17, 15) is 4.79 Å². The molecule has 0 aliphatic carbocycles. The Morgan fingerprint density at radius 2 is 1.97 bits per heavy atom. The maximum atomic E-state index is 13.2. The fraction of sp³-hybridized carbons (Fsp3) is 0.192. The Morgan fingerprint density at radius 1 is 1.19 bits per heavy atom. The van der Waals surface area contributed by atoms with Gasteiger partial charge in [-0.15, -0.1) is 0 Å². The highest BCUT2D eigenvalue weighted by Gasteiger charge is 2.10. The molecule has 0 spiro atoms. The van der Waals surface area contributed by atoms with Crippen molar-refractivity contribution in [2.24, 2.45) is 0 Å². The molecule has 0 aliphatic heterocycles. The molecule has 0 saturated carbocycles. The van der Waals surface area contributed by atoms with Crippen molar-refractivity contribution in [1.82, 2.24) is 9.88 Å². The topological polar surface area (TPSA) is 43.3 Å². The molecule has 0 amide bonds. The molecule has 2 aromatic carbocycles. The van der Waals surface area contributed by atoms with E-state index in [1.165, 1.54) is 0 Å². The summed E-state index contributed by atoms with van der Waals surface area (Å²) in [5, 5.41) is 5.42. The summed E-state index contributed by atoms with van der Waals surface area (Å²) in [5.74, 6) is 0.767. The van der Waals surface area contributed by atoms with E-state index < -0.39 is 0 Å². The predicted octanol–water partition coefficient (Wildman–Crippen LogP) is 6.08. The van der Waals surface area contributed by atoms with Gasteiger partial charge in [0.25, 0.3) is 5.56 Å². The Balaban J connectivity index is 1.77. The van der Waals surface area contributed by atoms with Gasteiger partial charge in [0, 0.05) is 28.7 Å². The van der Waals surface area contributed by atoms with Gasteiger partial charge >= 0.3 is 0 Å². The largest absolute Gasteiger partial charge is 0.492 e. The van der Waals surface area contributed by atoms with Gasteiger partial charge in [-0.25, -0.2) is 0 Å². The number of allylic oxidation sites excluding steroid dienone is 3. The number of hydrogen-bond acceptors (Lipinski definition) is 3. The molecule has 0 fully saturated rings.